The molecule has 1 heterocycles. The zero-order valence-corrected chi connectivity index (χ0v) is 12.0. The van der Waals surface area contributed by atoms with Crippen molar-refractivity contribution in [3.05, 3.63) is 30.9 Å². The maximum Gasteiger partial charge on any atom is 0.241 e. The van der Waals surface area contributed by atoms with E-state index >= 15 is 0 Å². The van der Waals surface area contributed by atoms with Crippen LogP contribution in [0.4, 0.5) is 0 Å². The normalized spacial score (nSPS) is 30.7. The number of nitrogens with two attached hydrogens (primary N) is 1. The van der Waals surface area contributed by atoms with Crippen LogP contribution in [0.5, 0.6) is 0 Å². The molecule has 114 valence electrons. The van der Waals surface area contributed by atoms with Crippen LogP contribution >= 0.6 is 0 Å². The highest BCUT2D eigenvalue weighted by atomic mass is 16.3. The standard InChI is InChI=1S/C15H22N4O2/c16-15(3-1-2-4-15)14(21)18-12-7-11(8-13(12)20)9-19-6-5-17-10-19/h1-2,5-6,10-13,20H,3-4,7-9,16H2,(H,18,21)/t11?,12-,13-/m1/s1. The molecular formula is C15H22N4O2. The van der Waals surface area contributed by atoms with E-state index in [0.29, 0.717) is 25.2 Å². The van der Waals surface area contributed by atoms with Crippen LogP contribution in [0.1, 0.15) is 25.7 Å². The summed E-state index contributed by atoms with van der Waals surface area (Å²) in [5.41, 5.74) is 5.27. The Morgan fingerprint density at radius 2 is 2.19 bits per heavy atom. The van der Waals surface area contributed by atoms with Gasteiger partial charge in [0.25, 0.3) is 0 Å². The summed E-state index contributed by atoms with van der Waals surface area (Å²) in [4.78, 5) is 16.3. The maximum atomic E-state index is 12.3. The summed E-state index contributed by atoms with van der Waals surface area (Å²) in [5.74, 6) is 0.190. The number of aromatic nitrogens is 2. The van der Waals surface area contributed by atoms with Gasteiger partial charge in [-0.15, -0.1) is 0 Å². The molecule has 0 saturated heterocycles. The molecule has 1 fully saturated rings. The highest BCUT2D eigenvalue weighted by Crippen LogP contribution is 2.29. The minimum absolute atomic E-state index is 0.153. The summed E-state index contributed by atoms with van der Waals surface area (Å²) >= 11 is 0. The van der Waals surface area contributed by atoms with Gasteiger partial charge in [0.2, 0.25) is 5.91 Å². The third kappa shape index (κ3) is 3.01. The minimum Gasteiger partial charge on any atom is -0.391 e. The fourth-order valence-electron chi connectivity index (χ4n) is 3.28. The summed E-state index contributed by atoms with van der Waals surface area (Å²) < 4.78 is 2.01. The summed E-state index contributed by atoms with van der Waals surface area (Å²) in [6.45, 7) is 0.818. The quantitative estimate of drug-likeness (QED) is 0.690. The molecule has 0 radical (unpaired) electrons. The van der Waals surface area contributed by atoms with E-state index < -0.39 is 11.6 Å². The number of imidazole rings is 1. The van der Waals surface area contributed by atoms with Crippen molar-refractivity contribution in [1.82, 2.24) is 14.9 Å². The molecule has 3 rings (SSSR count). The largest absolute Gasteiger partial charge is 0.391 e. The van der Waals surface area contributed by atoms with Crippen molar-refractivity contribution >= 4 is 5.91 Å². The third-order valence-corrected chi connectivity index (χ3v) is 4.55. The monoisotopic (exact) mass is 290 g/mol. The lowest BCUT2D eigenvalue weighted by Gasteiger charge is -2.26. The van der Waals surface area contributed by atoms with Gasteiger partial charge in [-0.05, 0) is 31.6 Å². The Hall–Kier alpha value is -1.66. The van der Waals surface area contributed by atoms with Crippen LogP contribution in [0.3, 0.4) is 0 Å². The van der Waals surface area contributed by atoms with Crippen LogP contribution in [-0.2, 0) is 11.3 Å². The molecule has 1 aromatic heterocycles. The molecule has 1 aromatic rings. The molecule has 2 aliphatic rings. The second-order valence-electron chi connectivity index (χ2n) is 6.28. The Morgan fingerprint density at radius 1 is 1.43 bits per heavy atom. The van der Waals surface area contributed by atoms with Crippen molar-refractivity contribution in [2.24, 2.45) is 11.7 Å². The van der Waals surface area contributed by atoms with Gasteiger partial charge in [0, 0.05) is 18.9 Å². The minimum atomic E-state index is -0.831. The fraction of sp³-hybridized carbons (Fsp3) is 0.600. The van der Waals surface area contributed by atoms with Crippen LogP contribution in [0.15, 0.2) is 30.9 Å². The van der Waals surface area contributed by atoms with Gasteiger partial charge in [-0.1, -0.05) is 12.2 Å². The van der Waals surface area contributed by atoms with E-state index in [1.165, 1.54) is 0 Å². The van der Waals surface area contributed by atoms with Crippen molar-refractivity contribution in [3.63, 3.8) is 0 Å². The molecule has 1 saturated carbocycles. The number of aliphatic hydroxyl groups is 1. The predicted molar refractivity (Wildman–Crippen MR) is 78.2 cm³/mol. The number of hydrogen-bond donors (Lipinski definition) is 3. The zero-order valence-electron chi connectivity index (χ0n) is 12.0. The van der Waals surface area contributed by atoms with Crippen LogP contribution in [-0.4, -0.2) is 38.2 Å². The van der Waals surface area contributed by atoms with Crippen LogP contribution in [0.25, 0.3) is 0 Å². The molecule has 6 heteroatoms. The van der Waals surface area contributed by atoms with Crippen molar-refractivity contribution in [1.29, 1.82) is 0 Å². The summed E-state index contributed by atoms with van der Waals surface area (Å²) in [7, 11) is 0. The van der Waals surface area contributed by atoms with Gasteiger partial charge in [0.15, 0.2) is 0 Å². The second kappa shape index (κ2) is 5.61. The number of amides is 1. The van der Waals surface area contributed by atoms with Gasteiger partial charge in [0.05, 0.1) is 18.5 Å². The molecule has 1 amide bonds. The third-order valence-electron chi connectivity index (χ3n) is 4.55. The van der Waals surface area contributed by atoms with Gasteiger partial charge < -0.3 is 20.7 Å². The molecule has 6 nitrogen and oxygen atoms in total. The molecule has 0 aromatic carbocycles. The summed E-state index contributed by atoms with van der Waals surface area (Å²) in [6.07, 6.45) is 11.4. The molecular weight excluding hydrogens is 268 g/mol. The molecule has 2 aliphatic carbocycles. The van der Waals surface area contributed by atoms with Crippen LogP contribution < -0.4 is 11.1 Å². The Bertz CT molecular complexity index is 518. The van der Waals surface area contributed by atoms with E-state index in [-0.39, 0.29) is 11.9 Å². The lowest BCUT2D eigenvalue weighted by Crippen LogP contribution is -2.55. The lowest BCUT2D eigenvalue weighted by atomic mass is 9.96. The topological polar surface area (TPSA) is 93.2 Å². The number of nitrogens with one attached hydrogen (secondary N) is 1. The molecule has 21 heavy (non-hydrogen) atoms. The first-order chi connectivity index (χ1) is 10.1. The molecule has 0 aliphatic heterocycles. The maximum absolute atomic E-state index is 12.3. The average Bonchev–Trinajstić information content (AvgIpc) is 3.15. The Morgan fingerprint density at radius 3 is 2.86 bits per heavy atom. The van der Waals surface area contributed by atoms with E-state index in [9.17, 15) is 9.90 Å². The Balaban J connectivity index is 1.55. The fourth-order valence-corrected chi connectivity index (χ4v) is 3.28. The number of rotatable bonds is 4. The van der Waals surface area contributed by atoms with E-state index in [0.717, 1.165) is 13.0 Å². The Labute approximate surface area is 124 Å². The van der Waals surface area contributed by atoms with Crippen molar-refractivity contribution < 1.29 is 9.90 Å². The number of aliphatic hydroxyl groups excluding tert-OH is 1. The summed E-state index contributed by atoms with van der Waals surface area (Å²) in [6, 6.07) is -0.202. The number of hydrogen-bond acceptors (Lipinski definition) is 4. The first-order valence-electron chi connectivity index (χ1n) is 7.45. The smallest absolute Gasteiger partial charge is 0.241 e. The highest BCUT2D eigenvalue weighted by Gasteiger charge is 2.39. The van der Waals surface area contributed by atoms with Crippen LogP contribution in [0.2, 0.25) is 0 Å². The van der Waals surface area contributed by atoms with Crippen molar-refractivity contribution in [3.8, 4) is 0 Å². The Kier molecular flexibility index (Phi) is 3.82. The molecule has 1 unspecified atom stereocenters. The van der Waals surface area contributed by atoms with Gasteiger partial charge >= 0.3 is 0 Å². The first kappa shape index (κ1) is 14.3. The molecule has 0 bridgehead atoms. The van der Waals surface area contributed by atoms with Crippen LogP contribution in [0, 0.1) is 5.92 Å². The number of carbonyl (C=O) groups is 1. The first-order valence-corrected chi connectivity index (χ1v) is 7.45. The average molecular weight is 290 g/mol. The predicted octanol–water partition coefficient (Wildman–Crippen LogP) is 0.186. The SMILES string of the molecule is NC1(C(=O)N[C@@H]2CC(Cn3ccnc3)C[C@H]2O)CC=CC1. The van der Waals surface area contributed by atoms with E-state index in [4.69, 9.17) is 5.73 Å². The summed E-state index contributed by atoms with van der Waals surface area (Å²) in [5, 5.41) is 13.1. The second-order valence-corrected chi connectivity index (χ2v) is 6.28. The lowest BCUT2D eigenvalue weighted by molar-refractivity contribution is -0.127. The van der Waals surface area contributed by atoms with E-state index in [1.54, 1.807) is 12.5 Å². The number of carbonyl (C=O) groups excluding carboxylic acids is 1. The van der Waals surface area contributed by atoms with E-state index in [2.05, 4.69) is 10.3 Å². The number of nitrogens with zero attached hydrogens (tertiary/aromatic N) is 2. The highest BCUT2D eigenvalue weighted by molar-refractivity contribution is 5.87. The van der Waals surface area contributed by atoms with Gasteiger partial charge in [-0.2, -0.15) is 0 Å². The molecule has 4 N–H and O–H groups in total. The van der Waals surface area contributed by atoms with E-state index in [1.807, 2.05) is 22.9 Å². The zero-order chi connectivity index (χ0) is 14.9. The molecule has 3 atom stereocenters. The van der Waals surface area contributed by atoms with Gasteiger partial charge in [0.1, 0.15) is 5.54 Å². The van der Waals surface area contributed by atoms with Crippen molar-refractivity contribution in [2.45, 2.75) is 49.9 Å². The van der Waals surface area contributed by atoms with Gasteiger partial charge in [-0.3, -0.25) is 4.79 Å². The van der Waals surface area contributed by atoms with Gasteiger partial charge in [-0.25, -0.2) is 4.98 Å². The van der Waals surface area contributed by atoms with Crippen molar-refractivity contribution in [2.75, 3.05) is 0 Å². The molecule has 0 spiro atoms.